The van der Waals surface area contributed by atoms with E-state index in [0.29, 0.717) is 30.4 Å². The number of likely N-dealkylation sites (tertiary alicyclic amines) is 1. The Morgan fingerprint density at radius 1 is 1.26 bits per heavy atom. The lowest BCUT2D eigenvalue weighted by molar-refractivity contribution is -0.133. The summed E-state index contributed by atoms with van der Waals surface area (Å²) < 4.78 is 10.7. The molecule has 2 unspecified atom stereocenters. The van der Waals surface area contributed by atoms with Gasteiger partial charge in [0.05, 0.1) is 14.2 Å². The van der Waals surface area contributed by atoms with Crippen LogP contribution in [0.2, 0.25) is 0 Å². The Kier molecular flexibility index (Phi) is 5.88. The van der Waals surface area contributed by atoms with E-state index < -0.39 is 0 Å². The predicted octanol–water partition coefficient (Wildman–Crippen LogP) is 2.39. The van der Waals surface area contributed by atoms with Gasteiger partial charge in [0, 0.05) is 31.5 Å². The van der Waals surface area contributed by atoms with E-state index in [2.05, 4.69) is 13.8 Å². The molecule has 5 heteroatoms. The van der Waals surface area contributed by atoms with Crippen molar-refractivity contribution in [3.8, 4) is 11.5 Å². The van der Waals surface area contributed by atoms with Gasteiger partial charge in [-0.25, -0.2) is 0 Å². The number of carbonyl (C=O) groups excluding carboxylic acids is 1. The molecule has 128 valence electrons. The first kappa shape index (κ1) is 17.6. The van der Waals surface area contributed by atoms with Gasteiger partial charge >= 0.3 is 0 Å². The molecule has 23 heavy (non-hydrogen) atoms. The maximum atomic E-state index is 12.4. The maximum absolute atomic E-state index is 12.4. The minimum absolute atomic E-state index is 0.0120. The minimum Gasteiger partial charge on any atom is -0.493 e. The van der Waals surface area contributed by atoms with Crippen molar-refractivity contribution in [2.24, 2.45) is 11.7 Å². The Hall–Kier alpha value is -1.75. The number of nitrogens with zero attached hydrogens (tertiary/aromatic N) is 1. The number of piperidine rings is 1. The monoisotopic (exact) mass is 320 g/mol. The molecule has 0 aromatic heterocycles. The van der Waals surface area contributed by atoms with Crippen LogP contribution in [0.4, 0.5) is 0 Å². The average molecular weight is 320 g/mol. The minimum atomic E-state index is 0.0120. The summed E-state index contributed by atoms with van der Waals surface area (Å²) in [5, 5.41) is 0. The SMILES string of the molecule is COc1ccc(C2CC(N)CN(C(=O)CC(C)C)C2)cc1OC. The van der Waals surface area contributed by atoms with Crippen molar-refractivity contribution in [1.29, 1.82) is 0 Å². The highest BCUT2D eigenvalue weighted by atomic mass is 16.5. The molecule has 1 saturated heterocycles. The summed E-state index contributed by atoms with van der Waals surface area (Å²) in [6.07, 6.45) is 1.45. The highest BCUT2D eigenvalue weighted by molar-refractivity contribution is 5.76. The molecular weight excluding hydrogens is 292 g/mol. The van der Waals surface area contributed by atoms with Crippen molar-refractivity contribution in [3.05, 3.63) is 23.8 Å². The number of benzene rings is 1. The van der Waals surface area contributed by atoms with Crippen LogP contribution >= 0.6 is 0 Å². The van der Waals surface area contributed by atoms with Gasteiger partial charge in [0.15, 0.2) is 11.5 Å². The zero-order chi connectivity index (χ0) is 17.0. The zero-order valence-corrected chi connectivity index (χ0v) is 14.5. The predicted molar refractivity (Wildman–Crippen MR) is 90.9 cm³/mol. The van der Waals surface area contributed by atoms with E-state index in [1.807, 2.05) is 23.1 Å². The fraction of sp³-hybridized carbons (Fsp3) is 0.611. The number of methoxy groups -OCH3 is 2. The molecule has 1 aromatic carbocycles. The summed E-state index contributed by atoms with van der Waals surface area (Å²) in [5.74, 6) is 2.21. The van der Waals surface area contributed by atoms with Crippen LogP contribution in [-0.2, 0) is 4.79 Å². The molecule has 0 spiro atoms. The van der Waals surface area contributed by atoms with Gasteiger partial charge in [-0.05, 0) is 30.0 Å². The van der Waals surface area contributed by atoms with Crippen molar-refractivity contribution in [3.63, 3.8) is 0 Å². The molecule has 2 atom stereocenters. The van der Waals surface area contributed by atoms with Gasteiger partial charge < -0.3 is 20.1 Å². The van der Waals surface area contributed by atoms with E-state index >= 15 is 0 Å². The highest BCUT2D eigenvalue weighted by Gasteiger charge is 2.29. The second kappa shape index (κ2) is 7.68. The summed E-state index contributed by atoms with van der Waals surface area (Å²) in [6, 6.07) is 5.95. The normalized spacial score (nSPS) is 21.4. The Labute approximate surface area is 138 Å². The molecule has 0 saturated carbocycles. The number of hydrogen-bond acceptors (Lipinski definition) is 4. The van der Waals surface area contributed by atoms with E-state index in [-0.39, 0.29) is 17.9 Å². The summed E-state index contributed by atoms with van der Waals surface area (Å²) in [6.45, 7) is 5.49. The smallest absolute Gasteiger partial charge is 0.222 e. The number of amides is 1. The van der Waals surface area contributed by atoms with Crippen LogP contribution < -0.4 is 15.2 Å². The maximum Gasteiger partial charge on any atom is 0.222 e. The van der Waals surface area contributed by atoms with E-state index in [9.17, 15) is 4.79 Å². The van der Waals surface area contributed by atoms with Crippen molar-refractivity contribution >= 4 is 5.91 Å². The summed E-state index contributed by atoms with van der Waals surface area (Å²) in [7, 11) is 3.26. The molecular formula is C18H28N2O3. The second-order valence-corrected chi connectivity index (χ2v) is 6.70. The van der Waals surface area contributed by atoms with E-state index in [1.54, 1.807) is 14.2 Å². The van der Waals surface area contributed by atoms with Gasteiger partial charge in [-0.15, -0.1) is 0 Å². The van der Waals surface area contributed by atoms with Crippen LogP contribution in [0.5, 0.6) is 11.5 Å². The lowest BCUT2D eigenvalue weighted by Gasteiger charge is -2.37. The van der Waals surface area contributed by atoms with Gasteiger partial charge in [0.1, 0.15) is 0 Å². The Morgan fingerprint density at radius 3 is 2.57 bits per heavy atom. The largest absolute Gasteiger partial charge is 0.493 e. The van der Waals surface area contributed by atoms with E-state index in [0.717, 1.165) is 18.5 Å². The van der Waals surface area contributed by atoms with Crippen molar-refractivity contribution < 1.29 is 14.3 Å². The lowest BCUT2D eigenvalue weighted by atomic mass is 9.87. The number of rotatable bonds is 5. The van der Waals surface area contributed by atoms with Gasteiger partial charge in [-0.3, -0.25) is 4.79 Å². The summed E-state index contributed by atoms with van der Waals surface area (Å²) in [4.78, 5) is 14.3. The van der Waals surface area contributed by atoms with Gasteiger partial charge in [-0.1, -0.05) is 19.9 Å². The second-order valence-electron chi connectivity index (χ2n) is 6.70. The molecule has 0 aliphatic carbocycles. The van der Waals surface area contributed by atoms with Gasteiger partial charge in [0.2, 0.25) is 5.91 Å². The Morgan fingerprint density at radius 2 is 1.96 bits per heavy atom. The van der Waals surface area contributed by atoms with Crippen LogP contribution in [0.15, 0.2) is 18.2 Å². The van der Waals surface area contributed by atoms with Crippen LogP contribution in [0.3, 0.4) is 0 Å². The molecule has 1 fully saturated rings. The van der Waals surface area contributed by atoms with Gasteiger partial charge in [-0.2, -0.15) is 0 Å². The molecule has 5 nitrogen and oxygen atoms in total. The van der Waals surface area contributed by atoms with E-state index in [1.165, 1.54) is 0 Å². The lowest BCUT2D eigenvalue weighted by Crippen LogP contribution is -2.48. The topological polar surface area (TPSA) is 64.8 Å². The van der Waals surface area contributed by atoms with E-state index in [4.69, 9.17) is 15.2 Å². The quantitative estimate of drug-likeness (QED) is 0.905. The van der Waals surface area contributed by atoms with Crippen LogP contribution in [0, 0.1) is 5.92 Å². The van der Waals surface area contributed by atoms with Crippen LogP contribution in [0.25, 0.3) is 0 Å². The number of ether oxygens (including phenoxy) is 2. The van der Waals surface area contributed by atoms with Gasteiger partial charge in [0.25, 0.3) is 0 Å². The Balaban J connectivity index is 2.17. The molecule has 1 aliphatic rings. The summed E-state index contributed by atoms with van der Waals surface area (Å²) >= 11 is 0. The standard InChI is InChI=1S/C18H28N2O3/c1-12(2)7-18(21)20-10-14(8-15(19)11-20)13-5-6-16(22-3)17(9-13)23-4/h5-6,9,12,14-15H,7-8,10-11,19H2,1-4H3. The molecule has 2 N–H and O–H groups in total. The molecule has 0 bridgehead atoms. The Bertz CT molecular complexity index is 545. The first-order chi connectivity index (χ1) is 10.9. The highest BCUT2D eigenvalue weighted by Crippen LogP contribution is 2.34. The first-order valence-corrected chi connectivity index (χ1v) is 8.19. The molecule has 1 aromatic rings. The van der Waals surface area contributed by atoms with Crippen molar-refractivity contribution in [2.45, 2.75) is 38.6 Å². The van der Waals surface area contributed by atoms with Crippen LogP contribution in [0.1, 0.15) is 38.2 Å². The number of carbonyl (C=O) groups is 1. The van der Waals surface area contributed by atoms with Crippen molar-refractivity contribution in [2.75, 3.05) is 27.3 Å². The number of hydrogen-bond donors (Lipinski definition) is 1. The molecule has 2 rings (SSSR count). The third-order valence-corrected chi connectivity index (χ3v) is 4.30. The fourth-order valence-corrected chi connectivity index (χ4v) is 3.17. The third kappa shape index (κ3) is 4.38. The van der Waals surface area contributed by atoms with Crippen molar-refractivity contribution in [1.82, 2.24) is 4.90 Å². The zero-order valence-electron chi connectivity index (χ0n) is 14.5. The third-order valence-electron chi connectivity index (χ3n) is 4.30. The average Bonchev–Trinajstić information content (AvgIpc) is 2.52. The molecule has 1 amide bonds. The molecule has 0 radical (unpaired) electrons. The first-order valence-electron chi connectivity index (χ1n) is 8.19. The fourth-order valence-electron chi connectivity index (χ4n) is 3.17. The molecule has 1 aliphatic heterocycles. The number of nitrogens with two attached hydrogens (primary N) is 1. The summed E-state index contributed by atoms with van der Waals surface area (Å²) in [5.41, 5.74) is 7.34. The van der Waals surface area contributed by atoms with Crippen LogP contribution in [-0.4, -0.2) is 44.2 Å². The molecule has 1 heterocycles.